The van der Waals surface area contributed by atoms with Crippen molar-refractivity contribution in [3.63, 3.8) is 0 Å². The number of aromatic nitrogens is 1. The molecule has 0 atom stereocenters. The van der Waals surface area contributed by atoms with Gasteiger partial charge in [0.25, 0.3) is 5.91 Å². The lowest BCUT2D eigenvalue weighted by atomic mass is 10.2. The fraction of sp³-hybridized carbons (Fsp3) is 0.235. The van der Waals surface area contributed by atoms with Gasteiger partial charge in [-0.1, -0.05) is 0 Å². The Labute approximate surface area is 135 Å². The molecular formula is C17H20N4O2. The van der Waals surface area contributed by atoms with Crippen molar-refractivity contribution in [2.75, 3.05) is 24.3 Å². The fourth-order valence-electron chi connectivity index (χ4n) is 1.98. The van der Waals surface area contributed by atoms with Crippen molar-refractivity contribution in [1.82, 2.24) is 10.3 Å². The molecule has 2 amide bonds. The lowest BCUT2D eigenvalue weighted by molar-refractivity contribution is -0.119. The maximum absolute atomic E-state index is 12.3. The highest BCUT2D eigenvalue weighted by atomic mass is 16.2. The topological polar surface area (TPSA) is 74.3 Å². The Hall–Kier alpha value is -2.89. The molecule has 2 aromatic rings. The van der Waals surface area contributed by atoms with E-state index in [1.807, 2.05) is 43.3 Å². The molecule has 0 bridgehead atoms. The average molecular weight is 312 g/mol. The molecule has 0 aliphatic carbocycles. The second-order valence-electron chi connectivity index (χ2n) is 5.34. The summed E-state index contributed by atoms with van der Waals surface area (Å²) in [5, 5.41) is 5.50. The summed E-state index contributed by atoms with van der Waals surface area (Å²) in [5.74, 6) is -0.350. The van der Waals surface area contributed by atoms with Gasteiger partial charge in [0, 0.05) is 44.2 Å². The van der Waals surface area contributed by atoms with E-state index in [0.29, 0.717) is 17.8 Å². The standard InChI is InChI=1S/C17H20N4O2/c1-12(22)19-11-15-10-13(8-9-18-15)17(23)20-14-4-6-16(7-5-14)21(2)3/h4-10H,11H2,1-3H3,(H,19,22)(H,20,23). The highest BCUT2D eigenvalue weighted by Gasteiger charge is 2.08. The minimum absolute atomic E-state index is 0.136. The van der Waals surface area contributed by atoms with Crippen LogP contribution in [0.1, 0.15) is 23.0 Å². The molecule has 1 heterocycles. The van der Waals surface area contributed by atoms with Crippen LogP contribution in [0.5, 0.6) is 0 Å². The second-order valence-corrected chi connectivity index (χ2v) is 5.34. The predicted molar refractivity (Wildman–Crippen MR) is 90.5 cm³/mol. The number of carbonyl (C=O) groups is 2. The SMILES string of the molecule is CC(=O)NCc1cc(C(=O)Nc2ccc(N(C)C)cc2)ccn1. The van der Waals surface area contributed by atoms with Gasteiger partial charge < -0.3 is 15.5 Å². The Morgan fingerprint density at radius 2 is 1.83 bits per heavy atom. The Balaban J connectivity index is 2.05. The number of benzene rings is 1. The van der Waals surface area contributed by atoms with E-state index in [1.54, 1.807) is 18.3 Å². The zero-order valence-corrected chi connectivity index (χ0v) is 13.5. The van der Waals surface area contributed by atoms with Crippen LogP contribution in [0, 0.1) is 0 Å². The Morgan fingerprint density at radius 1 is 1.13 bits per heavy atom. The van der Waals surface area contributed by atoms with Crippen molar-refractivity contribution >= 4 is 23.2 Å². The number of anilines is 2. The largest absolute Gasteiger partial charge is 0.378 e. The van der Waals surface area contributed by atoms with E-state index in [1.165, 1.54) is 6.92 Å². The van der Waals surface area contributed by atoms with Gasteiger partial charge in [-0.25, -0.2) is 0 Å². The van der Waals surface area contributed by atoms with Crippen LogP contribution in [0.3, 0.4) is 0 Å². The van der Waals surface area contributed by atoms with Gasteiger partial charge in [0.2, 0.25) is 5.91 Å². The lowest BCUT2D eigenvalue weighted by Crippen LogP contribution is -2.20. The fourth-order valence-corrected chi connectivity index (χ4v) is 1.98. The summed E-state index contributed by atoms with van der Waals surface area (Å²) in [6.07, 6.45) is 1.56. The molecule has 2 N–H and O–H groups in total. The summed E-state index contributed by atoms with van der Waals surface area (Å²) in [4.78, 5) is 29.3. The highest BCUT2D eigenvalue weighted by Crippen LogP contribution is 2.16. The summed E-state index contributed by atoms with van der Waals surface area (Å²) in [6, 6.07) is 10.9. The number of hydrogen-bond acceptors (Lipinski definition) is 4. The molecule has 1 aromatic heterocycles. The Bertz CT molecular complexity index is 696. The summed E-state index contributed by atoms with van der Waals surface area (Å²) in [7, 11) is 3.92. The number of nitrogens with zero attached hydrogens (tertiary/aromatic N) is 2. The van der Waals surface area contributed by atoms with Crippen LogP contribution < -0.4 is 15.5 Å². The van der Waals surface area contributed by atoms with Crippen LogP contribution >= 0.6 is 0 Å². The third-order valence-corrected chi connectivity index (χ3v) is 3.24. The minimum atomic E-state index is -0.214. The van der Waals surface area contributed by atoms with Crippen LogP contribution in [0.4, 0.5) is 11.4 Å². The van der Waals surface area contributed by atoms with E-state index in [2.05, 4.69) is 15.6 Å². The first kappa shape index (κ1) is 16.5. The predicted octanol–water partition coefficient (Wildman–Crippen LogP) is 2.04. The maximum atomic E-state index is 12.3. The number of amides is 2. The first-order valence-electron chi connectivity index (χ1n) is 7.24. The first-order chi connectivity index (χ1) is 11.0. The first-order valence-corrected chi connectivity index (χ1v) is 7.24. The molecule has 1 aromatic carbocycles. The van der Waals surface area contributed by atoms with Crippen molar-refractivity contribution in [3.05, 3.63) is 53.9 Å². The van der Waals surface area contributed by atoms with Gasteiger partial charge in [0.15, 0.2) is 0 Å². The van der Waals surface area contributed by atoms with Crippen LogP contribution in [-0.4, -0.2) is 30.9 Å². The second kappa shape index (κ2) is 7.40. The van der Waals surface area contributed by atoms with E-state index in [-0.39, 0.29) is 11.8 Å². The molecule has 6 nitrogen and oxygen atoms in total. The van der Waals surface area contributed by atoms with Gasteiger partial charge >= 0.3 is 0 Å². The normalized spacial score (nSPS) is 10.0. The molecule has 120 valence electrons. The molecule has 0 aliphatic rings. The van der Waals surface area contributed by atoms with E-state index >= 15 is 0 Å². The molecule has 0 fully saturated rings. The summed E-state index contributed by atoms with van der Waals surface area (Å²) < 4.78 is 0. The van der Waals surface area contributed by atoms with Gasteiger partial charge in [-0.3, -0.25) is 14.6 Å². The van der Waals surface area contributed by atoms with Crippen LogP contribution in [-0.2, 0) is 11.3 Å². The summed E-state index contributed by atoms with van der Waals surface area (Å²) in [6.45, 7) is 1.74. The summed E-state index contributed by atoms with van der Waals surface area (Å²) >= 11 is 0. The third-order valence-electron chi connectivity index (χ3n) is 3.24. The number of nitrogens with one attached hydrogen (secondary N) is 2. The lowest BCUT2D eigenvalue weighted by Gasteiger charge is -2.13. The van der Waals surface area contributed by atoms with Crippen LogP contribution in [0.25, 0.3) is 0 Å². The van der Waals surface area contributed by atoms with Crippen molar-refractivity contribution in [2.24, 2.45) is 0 Å². The number of rotatable bonds is 5. The van der Waals surface area contributed by atoms with Crippen molar-refractivity contribution in [2.45, 2.75) is 13.5 Å². The Kier molecular flexibility index (Phi) is 5.30. The van der Waals surface area contributed by atoms with Crippen molar-refractivity contribution in [1.29, 1.82) is 0 Å². The average Bonchev–Trinajstić information content (AvgIpc) is 2.53. The molecule has 0 saturated heterocycles. The molecule has 6 heteroatoms. The van der Waals surface area contributed by atoms with Gasteiger partial charge in [-0.2, -0.15) is 0 Å². The molecule has 0 aliphatic heterocycles. The maximum Gasteiger partial charge on any atom is 0.255 e. The molecule has 0 unspecified atom stereocenters. The van der Waals surface area contributed by atoms with Crippen molar-refractivity contribution in [3.8, 4) is 0 Å². The van der Waals surface area contributed by atoms with Gasteiger partial charge in [0.05, 0.1) is 12.2 Å². The number of carbonyl (C=O) groups excluding carboxylic acids is 2. The van der Waals surface area contributed by atoms with Crippen LogP contribution in [0.15, 0.2) is 42.6 Å². The number of hydrogen-bond donors (Lipinski definition) is 2. The Morgan fingerprint density at radius 3 is 2.43 bits per heavy atom. The van der Waals surface area contributed by atoms with Crippen LogP contribution in [0.2, 0.25) is 0 Å². The van der Waals surface area contributed by atoms with E-state index in [0.717, 1.165) is 11.4 Å². The molecule has 23 heavy (non-hydrogen) atoms. The quantitative estimate of drug-likeness (QED) is 0.886. The third kappa shape index (κ3) is 4.81. The molecule has 2 rings (SSSR count). The minimum Gasteiger partial charge on any atom is -0.378 e. The highest BCUT2D eigenvalue weighted by molar-refractivity contribution is 6.04. The van der Waals surface area contributed by atoms with Gasteiger partial charge in [-0.15, -0.1) is 0 Å². The van der Waals surface area contributed by atoms with Crippen molar-refractivity contribution < 1.29 is 9.59 Å². The smallest absolute Gasteiger partial charge is 0.255 e. The number of pyridine rings is 1. The molecular weight excluding hydrogens is 292 g/mol. The van der Waals surface area contributed by atoms with E-state index < -0.39 is 0 Å². The van der Waals surface area contributed by atoms with Gasteiger partial charge in [0.1, 0.15) is 0 Å². The van der Waals surface area contributed by atoms with Gasteiger partial charge in [-0.05, 0) is 36.4 Å². The monoisotopic (exact) mass is 312 g/mol. The zero-order valence-electron chi connectivity index (χ0n) is 13.5. The van der Waals surface area contributed by atoms with E-state index in [9.17, 15) is 9.59 Å². The summed E-state index contributed by atoms with van der Waals surface area (Å²) in [5.41, 5.74) is 2.91. The zero-order chi connectivity index (χ0) is 16.8. The molecule has 0 spiro atoms. The molecule has 0 saturated carbocycles. The molecule has 0 radical (unpaired) electrons. The van der Waals surface area contributed by atoms with E-state index in [4.69, 9.17) is 0 Å².